The molecule has 0 unspecified atom stereocenters. The summed E-state index contributed by atoms with van der Waals surface area (Å²) in [5.74, 6) is -1.60. The van der Waals surface area contributed by atoms with Crippen LogP contribution in [0.25, 0.3) is 0 Å². The van der Waals surface area contributed by atoms with Gasteiger partial charge in [0.05, 0.1) is 0 Å². The third-order valence-electron chi connectivity index (χ3n) is 2.54. The van der Waals surface area contributed by atoms with Crippen LogP contribution in [0.15, 0.2) is 0 Å². The Morgan fingerprint density at radius 3 is 2.08 bits per heavy atom. The summed E-state index contributed by atoms with van der Waals surface area (Å²) in [5, 5.41) is 0.0315. The summed E-state index contributed by atoms with van der Waals surface area (Å²) >= 11 is 12.0. The first-order chi connectivity index (χ1) is 10.2. The first kappa shape index (κ1) is 29.7. The Balaban J connectivity index is -0.00000220. The van der Waals surface area contributed by atoms with Crippen LogP contribution in [0.1, 0.15) is 26.7 Å². The third kappa shape index (κ3) is 12.3. The molecule has 0 aromatic heterocycles. The Hall–Kier alpha value is 0.960. The van der Waals surface area contributed by atoms with Gasteiger partial charge >= 0.3 is 18.0 Å². The topological polar surface area (TPSA) is 102 Å². The molecule has 0 aromatic carbocycles. The number of ether oxygens (including phenoxy) is 2. The van der Waals surface area contributed by atoms with Crippen molar-refractivity contribution < 1.29 is 85.1 Å². The number of carbonyl (C=O) groups is 3. The van der Waals surface area contributed by atoms with Crippen LogP contribution in [0.4, 0.5) is 4.79 Å². The molecule has 24 heavy (non-hydrogen) atoms. The van der Waals surface area contributed by atoms with Crippen molar-refractivity contribution in [2.45, 2.75) is 32.7 Å². The van der Waals surface area contributed by atoms with Crippen molar-refractivity contribution in [2.24, 2.45) is 5.73 Å². The van der Waals surface area contributed by atoms with E-state index < -0.39 is 24.1 Å². The number of thiocarbonyl (C=S) groups is 1. The predicted octanol–water partition coefficient (Wildman–Crippen LogP) is 0.916. The average molecular weight is 575 g/mol. The molecular formula is C11H19CeN3O5S3Zn. The number of nitrogens with two attached hydrogens (primary N) is 1. The molecule has 0 rings (SSSR count). The molecule has 0 spiro atoms. The molecule has 132 valence electrons. The van der Waals surface area contributed by atoms with Crippen LogP contribution in [0, 0.1) is 41.7 Å². The van der Waals surface area contributed by atoms with E-state index in [9.17, 15) is 14.4 Å². The zero-order chi connectivity index (χ0) is 17.3. The van der Waals surface area contributed by atoms with Crippen molar-refractivity contribution in [3.63, 3.8) is 0 Å². The number of esters is 2. The fourth-order valence-corrected chi connectivity index (χ4v) is 1.71. The zero-order valence-corrected chi connectivity index (χ0v) is 22.1. The minimum absolute atomic E-state index is 0. The van der Waals surface area contributed by atoms with E-state index in [2.05, 4.69) is 30.4 Å². The van der Waals surface area contributed by atoms with E-state index in [0.717, 1.165) is 0 Å². The van der Waals surface area contributed by atoms with E-state index in [4.69, 9.17) is 22.7 Å². The van der Waals surface area contributed by atoms with E-state index in [1.54, 1.807) is 4.90 Å². The van der Waals surface area contributed by atoms with Crippen LogP contribution in [0.2, 0.25) is 0 Å². The summed E-state index contributed by atoms with van der Waals surface area (Å²) in [5.41, 5.74) is 5.60. The van der Waals surface area contributed by atoms with Crippen LogP contribution in [0.5, 0.6) is 0 Å². The number of carbonyl (C=O) groups excluding carboxylic acids is 3. The Morgan fingerprint density at radius 2 is 1.67 bits per heavy atom. The van der Waals surface area contributed by atoms with E-state index in [0.29, 0.717) is 16.8 Å². The largest absolute Gasteiger partial charge is 0.437 e. The number of hydrogen-bond donors (Lipinski definition) is 3. The fourth-order valence-electron chi connectivity index (χ4n) is 1.29. The smallest absolute Gasteiger partial charge is 0.398 e. The molecule has 1 amide bonds. The summed E-state index contributed by atoms with van der Waals surface area (Å²) in [6.07, 6.45) is -1.34. The summed E-state index contributed by atoms with van der Waals surface area (Å²) < 4.78 is 9.81. The van der Waals surface area contributed by atoms with E-state index in [1.807, 2.05) is 13.8 Å². The number of thiol groups is 2. The maximum atomic E-state index is 11.7. The van der Waals surface area contributed by atoms with Crippen LogP contribution < -0.4 is 5.73 Å². The third-order valence-corrected chi connectivity index (χ3v) is 3.20. The van der Waals surface area contributed by atoms with E-state index in [-0.39, 0.29) is 79.2 Å². The van der Waals surface area contributed by atoms with Crippen LogP contribution >= 0.6 is 37.8 Å². The van der Waals surface area contributed by atoms with Crippen molar-refractivity contribution in [3.05, 3.63) is 0 Å². The average Bonchev–Trinajstić information content (AvgIpc) is 2.45. The van der Waals surface area contributed by atoms with Gasteiger partial charge in [-0.3, -0.25) is 4.79 Å². The number of nitrogens with zero attached hydrogens (tertiary/aromatic N) is 2. The van der Waals surface area contributed by atoms with E-state index in [1.165, 1.54) is 0 Å². The van der Waals surface area contributed by atoms with Gasteiger partial charge in [-0.2, -0.15) is 3.71 Å². The minimum Gasteiger partial charge on any atom is -0.398 e. The predicted molar refractivity (Wildman–Crippen MR) is 90.1 cm³/mol. The second-order valence-electron chi connectivity index (χ2n) is 4.03. The van der Waals surface area contributed by atoms with Gasteiger partial charge in [0.2, 0.25) is 0 Å². The quantitative estimate of drug-likeness (QED) is 0.142. The van der Waals surface area contributed by atoms with Crippen molar-refractivity contribution in [2.75, 3.05) is 13.1 Å². The van der Waals surface area contributed by atoms with Gasteiger partial charge in [0.15, 0.2) is 0 Å². The maximum Gasteiger partial charge on any atom is 0.437 e. The maximum absolute atomic E-state index is 11.7. The Kier molecular flexibility index (Phi) is 20.0. The zero-order valence-electron chi connectivity index (χ0n) is 13.4. The molecule has 8 nitrogen and oxygen atoms in total. The molecule has 0 aromatic rings. The summed E-state index contributed by atoms with van der Waals surface area (Å²) in [4.78, 5) is 35.7. The molecule has 0 aliphatic carbocycles. The molecule has 2 N–H and O–H groups in total. The van der Waals surface area contributed by atoms with Gasteiger partial charge < -0.3 is 20.1 Å². The normalized spacial score (nSPS) is 10.4. The summed E-state index contributed by atoms with van der Waals surface area (Å²) in [6.45, 7) is 4.91. The minimum atomic E-state index is -1.06. The van der Waals surface area contributed by atoms with Crippen LogP contribution in [-0.4, -0.2) is 50.9 Å². The molecule has 0 heterocycles. The molecule has 0 radical (unpaired) electrons. The monoisotopic (exact) mass is 573 g/mol. The molecular weight excluding hydrogens is 556 g/mol. The van der Waals surface area contributed by atoms with Crippen molar-refractivity contribution in [1.29, 1.82) is 0 Å². The number of amides is 1. The van der Waals surface area contributed by atoms with Gasteiger partial charge in [0, 0.05) is 80.7 Å². The number of rotatable bonds is 6. The van der Waals surface area contributed by atoms with Crippen LogP contribution in [-0.2, 0) is 38.5 Å². The van der Waals surface area contributed by atoms with E-state index >= 15 is 0 Å². The SMILES string of the molecule is CCN(CC)C(=S)OC(=O)[C@@H](N)CCC(=O)OC(=O)N(S)S.[Ce].[Zn]. The summed E-state index contributed by atoms with van der Waals surface area (Å²) in [7, 11) is 0. The fraction of sp³-hybridized carbons (Fsp3) is 0.636. The Labute approximate surface area is 204 Å². The van der Waals surface area contributed by atoms with Crippen molar-refractivity contribution in [3.8, 4) is 0 Å². The van der Waals surface area contributed by atoms with Crippen molar-refractivity contribution >= 4 is 61.1 Å². The van der Waals surface area contributed by atoms with Gasteiger partial charge in [-0.15, -0.1) is 0 Å². The molecule has 0 fully saturated rings. The van der Waals surface area contributed by atoms with Gasteiger partial charge in [-0.05, 0) is 58.1 Å². The molecule has 13 heteroatoms. The first-order valence-electron chi connectivity index (χ1n) is 6.41. The van der Waals surface area contributed by atoms with Gasteiger partial charge in [-0.25, -0.2) is 9.59 Å². The molecule has 0 saturated carbocycles. The van der Waals surface area contributed by atoms with Gasteiger partial charge in [0.25, 0.3) is 5.17 Å². The molecule has 0 bridgehead atoms. The number of hydrogen-bond acceptors (Lipinski definition) is 9. The van der Waals surface area contributed by atoms with Gasteiger partial charge in [-0.1, -0.05) is 0 Å². The standard InChI is InChI=1S/C11H19N3O5S3.Ce.Zn/c1-3-13(4-2)11(20)19-9(16)7(12)5-6-8(15)18-10(17)14(21)22;;/h7,21-22H,3-6,12H2,1-2H3;;/t7-;;/m0../s1. The second kappa shape index (κ2) is 16.2. The first-order valence-corrected chi connectivity index (χ1v) is 7.62. The Bertz CT molecular complexity index is 441. The van der Waals surface area contributed by atoms with Crippen LogP contribution in [0.3, 0.4) is 0 Å². The molecule has 0 aliphatic heterocycles. The molecule has 0 aliphatic rings. The molecule has 0 saturated heterocycles. The second-order valence-corrected chi connectivity index (χ2v) is 5.50. The molecule has 1 atom stereocenters. The van der Waals surface area contributed by atoms with Crippen molar-refractivity contribution in [1.82, 2.24) is 8.61 Å². The van der Waals surface area contributed by atoms with Gasteiger partial charge in [0.1, 0.15) is 6.04 Å². The summed E-state index contributed by atoms with van der Waals surface area (Å²) in [6, 6.07) is -1.06. The Morgan fingerprint density at radius 1 is 1.17 bits per heavy atom.